The van der Waals surface area contributed by atoms with Crippen molar-refractivity contribution in [2.75, 3.05) is 5.32 Å². The largest absolute Gasteiger partial charge is 0.364 e. The Labute approximate surface area is 112 Å². The van der Waals surface area contributed by atoms with Crippen molar-refractivity contribution < 1.29 is 9.59 Å². The first-order valence-electron chi connectivity index (χ1n) is 5.91. The molecule has 4 N–H and O–H groups in total. The first-order chi connectivity index (χ1) is 8.69. The molecule has 7 heteroatoms. The van der Waals surface area contributed by atoms with E-state index in [9.17, 15) is 9.59 Å². The quantitative estimate of drug-likeness (QED) is 0.724. The highest BCUT2D eigenvalue weighted by Gasteiger charge is 2.19. The van der Waals surface area contributed by atoms with Crippen LogP contribution in [0.4, 0.5) is 5.82 Å². The van der Waals surface area contributed by atoms with Crippen LogP contribution in [0.1, 0.15) is 38.2 Å². The van der Waals surface area contributed by atoms with Gasteiger partial charge in [-0.1, -0.05) is 0 Å². The summed E-state index contributed by atoms with van der Waals surface area (Å²) in [4.78, 5) is 22.7. The zero-order valence-electron chi connectivity index (χ0n) is 11.5. The van der Waals surface area contributed by atoms with E-state index in [-0.39, 0.29) is 17.1 Å². The van der Waals surface area contributed by atoms with E-state index in [4.69, 9.17) is 5.73 Å². The maximum Gasteiger partial charge on any atom is 0.269 e. The molecule has 2 amide bonds. The van der Waals surface area contributed by atoms with Gasteiger partial charge in [0.25, 0.3) is 5.91 Å². The van der Waals surface area contributed by atoms with Crippen molar-refractivity contribution in [2.24, 2.45) is 5.73 Å². The fraction of sp³-hybridized carbons (Fsp3) is 0.500. The van der Waals surface area contributed by atoms with Crippen LogP contribution in [0.25, 0.3) is 0 Å². The third kappa shape index (κ3) is 4.90. The molecular weight excluding hydrogens is 246 g/mol. The van der Waals surface area contributed by atoms with Gasteiger partial charge in [-0.25, -0.2) is 0 Å². The Hall–Kier alpha value is -2.18. The minimum absolute atomic E-state index is 0.0809. The molecule has 1 atom stereocenters. The number of carbonyl (C=O) groups is 2. The van der Waals surface area contributed by atoms with E-state index >= 15 is 0 Å². The van der Waals surface area contributed by atoms with Crippen molar-refractivity contribution >= 4 is 17.6 Å². The zero-order valence-corrected chi connectivity index (χ0v) is 11.5. The summed E-state index contributed by atoms with van der Waals surface area (Å²) >= 11 is 0. The average molecular weight is 265 g/mol. The minimum atomic E-state index is -0.641. The van der Waals surface area contributed by atoms with Gasteiger partial charge in [-0.3, -0.25) is 9.59 Å². The van der Waals surface area contributed by atoms with E-state index in [2.05, 4.69) is 20.8 Å². The van der Waals surface area contributed by atoms with Gasteiger partial charge in [-0.2, -0.15) is 0 Å². The third-order valence-electron chi connectivity index (χ3n) is 2.17. The maximum atomic E-state index is 11.8. The second-order valence-electron chi connectivity index (χ2n) is 5.27. The van der Waals surface area contributed by atoms with E-state index < -0.39 is 11.9 Å². The Morgan fingerprint density at radius 1 is 1.26 bits per heavy atom. The Morgan fingerprint density at radius 2 is 1.89 bits per heavy atom. The molecule has 0 aliphatic rings. The van der Waals surface area contributed by atoms with E-state index in [0.717, 1.165) is 0 Å². The Kier molecular flexibility index (Phi) is 4.42. The summed E-state index contributed by atoms with van der Waals surface area (Å²) in [6.07, 6.45) is 0. The molecule has 0 fully saturated rings. The summed E-state index contributed by atoms with van der Waals surface area (Å²) in [5, 5.41) is 13.2. The zero-order chi connectivity index (χ0) is 14.6. The molecule has 0 aromatic carbocycles. The number of nitrogens with zero attached hydrogens (tertiary/aromatic N) is 2. The molecule has 19 heavy (non-hydrogen) atoms. The molecule has 0 spiro atoms. The highest BCUT2D eigenvalue weighted by Crippen LogP contribution is 2.05. The molecule has 1 unspecified atom stereocenters. The molecule has 1 aromatic rings. The molecule has 0 bridgehead atoms. The van der Waals surface area contributed by atoms with Crippen LogP contribution in [0.15, 0.2) is 12.1 Å². The fourth-order valence-electron chi connectivity index (χ4n) is 1.31. The van der Waals surface area contributed by atoms with Crippen molar-refractivity contribution in [2.45, 2.75) is 39.3 Å². The lowest BCUT2D eigenvalue weighted by molar-refractivity contribution is -0.122. The summed E-state index contributed by atoms with van der Waals surface area (Å²) < 4.78 is 0. The Morgan fingerprint density at radius 3 is 2.32 bits per heavy atom. The van der Waals surface area contributed by atoms with Gasteiger partial charge in [0.2, 0.25) is 5.91 Å². The Bertz CT molecular complexity index is 464. The molecule has 1 aromatic heterocycles. The highest BCUT2D eigenvalue weighted by atomic mass is 16.2. The second kappa shape index (κ2) is 5.64. The number of carbonyl (C=O) groups excluding carboxylic acids is 2. The van der Waals surface area contributed by atoms with Gasteiger partial charge in [-0.15, -0.1) is 10.2 Å². The topological polar surface area (TPSA) is 110 Å². The van der Waals surface area contributed by atoms with E-state index in [1.54, 1.807) is 13.0 Å². The maximum absolute atomic E-state index is 11.8. The molecule has 0 saturated carbocycles. The van der Waals surface area contributed by atoms with Crippen LogP contribution in [0.2, 0.25) is 0 Å². The molecule has 104 valence electrons. The molecule has 1 rings (SSSR count). The van der Waals surface area contributed by atoms with E-state index in [1.165, 1.54) is 6.07 Å². The van der Waals surface area contributed by atoms with Crippen molar-refractivity contribution in [3.63, 3.8) is 0 Å². The van der Waals surface area contributed by atoms with Gasteiger partial charge < -0.3 is 16.4 Å². The summed E-state index contributed by atoms with van der Waals surface area (Å²) in [5.41, 5.74) is 4.84. The normalized spacial score (nSPS) is 12.6. The van der Waals surface area contributed by atoms with Gasteiger partial charge in [0.15, 0.2) is 5.69 Å². The molecule has 0 aliphatic heterocycles. The highest BCUT2D eigenvalue weighted by molar-refractivity contribution is 5.90. The van der Waals surface area contributed by atoms with E-state index in [1.807, 2.05) is 20.8 Å². The summed E-state index contributed by atoms with van der Waals surface area (Å²) in [7, 11) is 0. The number of hydrogen-bond donors (Lipinski definition) is 3. The van der Waals surface area contributed by atoms with Crippen LogP contribution < -0.4 is 16.4 Å². The average Bonchev–Trinajstić information content (AvgIpc) is 2.27. The molecule has 0 radical (unpaired) electrons. The van der Waals surface area contributed by atoms with Crippen molar-refractivity contribution in [3.05, 3.63) is 17.8 Å². The predicted molar refractivity (Wildman–Crippen MR) is 71.5 cm³/mol. The van der Waals surface area contributed by atoms with Crippen molar-refractivity contribution in [1.29, 1.82) is 0 Å². The lowest BCUT2D eigenvalue weighted by Gasteiger charge is -2.23. The van der Waals surface area contributed by atoms with Crippen LogP contribution in [0, 0.1) is 0 Å². The van der Waals surface area contributed by atoms with Gasteiger partial charge >= 0.3 is 0 Å². The number of rotatable bonds is 4. The van der Waals surface area contributed by atoms with Crippen LogP contribution in [0.3, 0.4) is 0 Å². The Balaban J connectivity index is 2.64. The number of anilines is 1. The summed E-state index contributed by atoms with van der Waals surface area (Å²) in [6, 6.07) is 2.54. The second-order valence-corrected chi connectivity index (χ2v) is 5.27. The lowest BCUT2D eigenvalue weighted by Crippen LogP contribution is -2.47. The van der Waals surface area contributed by atoms with Gasteiger partial charge in [-0.05, 0) is 39.8 Å². The van der Waals surface area contributed by atoms with Crippen molar-refractivity contribution in [1.82, 2.24) is 15.5 Å². The van der Waals surface area contributed by atoms with E-state index in [0.29, 0.717) is 5.82 Å². The van der Waals surface area contributed by atoms with Crippen LogP contribution in [0.5, 0.6) is 0 Å². The SMILES string of the molecule is CC(Nc1ccc(C(N)=O)nn1)C(=O)NC(C)(C)C. The number of amides is 2. The standard InChI is InChI=1S/C12H19N5O2/c1-7(11(19)15-12(2,3)4)14-9-6-5-8(10(13)18)16-17-9/h5-7H,1-4H3,(H2,13,18)(H,14,17)(H,15,19). The number of aromatic nitrogens is 2. The van der Waals surface area contributed by atoms with Gasteiger partial charge in [0.1, 0.15) is 11.9 Å². The summed E-state index contributed by atoms with van der Waals surface area (Å²) in [5.74, 6) is -0.382. The first kappa shape index (κ1) is 14.9. The van der Waals surface area contributed by atoms with Crippen LogP contribution in [-0.4, -0.2) is 33.6 Å². The molecule has 7 nitrogen and oxygen atoms in total. The number of nitrogens with one attached hydrogen (secondary N) is 2. The molecule has 0 aliphatic carbocycles. The monoisotopic (exact) mass is 265 g/mol. The molecular formula is C12H19N5O2. The first-order valence-corrected chi connectivity index (χ1v) is 5.91. The smallest absolute Gasteiger partial charge is 0.269 e. The minimum Gasteiger partial charge on any atom is -0.364 e. The molecule has 0 saturated heterocycles. The van der Waals surface area contributed by atoms with Gasteiger partial charge in [0, 0.05) is 5.54 Å². The number of nitrogens with two attached hydrogens (primary N) is 1. The lowest BCUT2D eigenvalue weighted by atomic mass is 10.1. The number of hydrogen-bond acceptors (Lipinski definition) is 5. The third-order valence-corrected chi connectivity index (χ3v) is 2.17. The number of primary amides is 1. The molecule has 1 heterocycles. The summed E-state index contributed by atoms with van der Waals surface area (Å²) in [6.45, 7) is 7.42. The fourth-order valence-corrected chi connectivity index (χ4v) is 1.31. The predicted octanol–water partition coefficient (Wildman–Crippen LogP) is 0.291. The van der Waals surface area contributed by atoms with Crippen LogP contribution in [-0.2, 0) is 4.79 Å². The van der Waals surface area contributed by atoms with Crippen LogP contribution >= 0.6 is 0 Å². The van der Waals surface area contributed by atoms with Gasteiger partial charge in [0.05, 0.1) is 0 Å². The van der Waals surface area contributed by atoms with Crippen molar-refractivity contribution in [3.8, 4) is 0 Å².